The third-order valence-electron chi connectivity index (χ3n) is 3.42. The quantitative estimate of drug-likeness (QED) is 0.843. The van der Waals surface area contributed by atoms with Crippen LogP contribution in [0, 0.1) is 11.7 Å². The first-order valence-electron chi connectivity index (χ1n) is 6.84. The molecule has 108 valence electrons. The first-order chi connectivity index (χ1) is 9.63. The maximum absolute atomic E-state index is 12.7. The number of hydrogen-bond donors (Lipinski definition) is 1. The van der Waals surface area contributed by atoms with Gasteiger partial charge in [0.05, 0.1) is 0 Å². The first-order valence-corrected chi connectivity index (χ1v) is 6.84. The Balaban J connectivity index is 1.69. The Morgan fingerprint density at radius 3 is 2.50 bits per heavy atom. The van der Waals surface area contributed by atoms with Crippen molar-refractivity contribution in [1.82, 2.24) is 0 Å². The lowest BCUT2D eigenvalue weighted by molar-refractivity contribution is -0.148. The molecule has 1 amide bonds. The van der Waals surface area contributed by atoms with E-state index in [1.165, 1.54) is 37.1 Å². The number of esters is 1. The van der Waals surface area contributed by atoms with Gasteiger partial charge in [0.1, 0.15) is 5.82 Å². The van der Waals surface area contributed by atoms with E-state index in [-0.39, 0.29) is 18.4 Å². The summed E-state index contributed by atoms with van der Waals surface area (Å²) >= 11 is 0. The lowest BCUT2D eigenvalue weighted by Crippen LogP contribution is -2.21. The number of anilines is 1. The fourth-order valence-corrected chi connectivity index (χ4v) is 2.39. The van der Waals surface area contributed by atoms with Crippen LogP contribution in [0.3, 0.4) is 0 Å². The van der Waals surface area contributed by atoms with Gasteiger partial charge >= 0.3 is 5.97 Å². The maximum Gasteiger partial charge on any atom is 0.306 e. The molecular formula is C15H18FNO3. The SMILES string of the molecule is O=C(COC(=O)CC1CCCC1)Nc1ccc(F)cc1. The molecule has 0 bridgehead atoms. The summed E-state index contributed by atoms with van der Waals surface area (Å²) in [7, 11) is 0. The second-order valence-electron chi connectivity index (χ2n) is 5.07. The first kappa shape index (κ1) is 14.5. The number of benzene rings is 1. The van der Waals surface area contributed by atoms with Crippen molar-refractivity contribution in [2.24, 2.45) is 5.92 Å². The predicted octanol–water partition coefficient (Wildman–Crippen LogP) is 2.89. The van der Waals surface area contributed by atoms with E-state index in [9.17, 15) is 14.0 Å². The lowest BCUT2D eigenvalue weighted by Gasteiger charge is -2.09. The summed E-state index contributed by atoms with van der Waals surface area (Å²) in [5.41, 5.74) is 0.475. The van der Waals surface area contributed by atoms with E-state index >= 15 is 0 Å². The second kappa shape index (κ2) is 7.03. The average Bonchev–Trinajstić information content (AvgIpc) is 2.92. The lowest BCUT2D eigenvalue weighted by atomic mass is 10.1. The van der Waals surface area contributed by atoms with E-state index in [0.717, 1.165) is 12.8 Å². The van der Waals surface area contributed by atoms with Gasteiger partial charge in [-0.3, -0.25) is 9.59 Å². The maximum atomic E-state index is 12.7. The van der Waals surface area contributed by atoms with E-state index < -0.39 is 5.91 Å². The molecule has 1 aromatic rings. The van der Waals surface area contributed by atoms with Crippen LogP contribution in [-0.2, 0) is 14.3 Å². The predicted molar refractivity (Wildman–Crippen MR) is 72.6 cm³/mol. The zero-order valence-electron chi connectivity index (χ0n) is 11.2. The molecule has 1 N–H and O–H groups in total. The number of rotatable bonds is 5. The summed E-state index contributed by atoms with van der Waals surface area (Å²) in [6, 6.07) is 5.41. The van der Waals surface area contributed by atoms with Crippen LogP contribution in [0.15, 0.2) is 24.3 Å². The van der Waals surface area contributed by atoms with Crippen molar-refractivity contribution in [3.8, 4) is 0 Å². The molecule has 0 spiro atoms. The molecule has 1 fully saturated rings. The van der Waals surface area contributed by atoms with Crippen LogP contribution < -0.4 is 5.32 Å². The summed E-state index contributed by atoms with van der Waals surface area (Å²) in [4.78, 5) is 23.1. The van der Waals surface area contributed by atoms with Gasteiger partial charge in [-0.05, 0) is 43.0 Å². The monoisotopic (exact) mass is 279 g/mol. The molecule has 0 aliphatic heterocycles. The highest BCUT2D eigenvalue weighted by Gasteiger charge is 2.19. The Morgan fingerprint density at radius 1 is 1.20 bits per heavy atom. The van der Waals surface area contributed by atoms with Gasteiger partial charge in [-0.1, -0.05) is 12.8 Å². The summed E-state index contributed by atoms with van der Waals surface area (Å²) in [6.07, 6.45) is 4.86. The van der Waals surface area contributed by atoms with E-state index in [1.54, 1.807) is 0 Å². The van der Waals surface area contributed by atoms with E-state index in [0.29, 0.717) is 18.0 Å². The minimum atomic E-state index is -0.420. The normalized spacial score (nSPS) is 15.1. The van der Waals surface area contributed by atoms with Crippen LogP contribution in [0.5, 0.6) is 0 Å². The van der Waals surface area contributed by atoms with Crippen molar-refractivity contribution in [3.63, 3.8) is 0 Å². The van der Waals surface area contributed by atoms with Gasteiger partial charge in [0.15, 0.2) is 6.61 Å². The summed E-state index contributed by atoms with van der Waals surface area (Å²) in [5, 5.41) is 2.54. The van der Waals surface area contributed by atoms with Crippen molar-refractivity contribution in [2.45, 2.75) is 32.1 Å². The third kappa shape index (κ3) is 4.64. The Labute approximate surface area is 117 Å². The van der Waals surface area contributed by atoms with Gasteiger partial charge < -0.3 is 10.1 Å². The summed E-state index contributed by atoms with van der Waals surface area (Å²) in [6.45, 7) is -0.303. The third-order valence-corrected chi connectivity index (χ3v) is 3.42. The highest BCUT2D eigenvalue weighted by atomic mass is 19.1. The van der Waals surface area contributed by atoms with E-state index in [2.05, 4.69) is 5.32 Å². The Kier molecular flexibility index (Phi) is 5.09. The molecule has 2 rings (SSSR count). The average molecular weight is 279 g/mol. The van der Waals surface area contributed by atoms with Crippen molar-refractivity contribution in [2.75, 3.05) is 11.9 Å². The molecule has 1 aliphatic rings. The van der Waals surface area contributed by atoms with Gasteiger partial charge in [-0.15, -0.1) is 0 Å². The molecule has 0 aromatic heterocycles. The van der Waals surface area contributed by atoms with Gasteiger partial charge in [-0.25, -0.2) is 4.39 Å². The Morgan fingerprint density at radius 2 is 1.85 bits per heavy atom. The van der Waals surface area contributed by atoms with Gasteiger partial charge in [0.2, 0.25) is 0 Å². The number of nitrogens with one attached hydrogen (secondary N) is 1. The fraction of sp³-hybridized carbons (Fsp3) is 0.467. The standard InChI is InChI=1S/C15H18FNO3/c16-12-5-7-13(8-6-12)17-14(18)10-20-15(19)9-11-3-1-2-4-11/h5-8,11H,1-4,9-10H2,(H,17,18). The molecule has 20 heavy (non-hydrogen) atoms. The van der Waals surface area contributed by atoms with Crippen molar-refractivity contribution in [1.29, 1.82) is 0 Å². The minimum absolute atomic E-state index is 0.303. The molecular weight excluding hydrogens is 261 g/mol. The van der Waals surface area contributed by atoms with Crippen LogP contribution in [0.2, 0.25) is 0 Å². The topological polar surface area (TPSA) is 55.4 Å². The van der Waals surface area contributed by atoms with Crippen molar-refractivity contribution in [3.05, 3.63) is 30.1 Å². The molecule has 1 aliphatic carbocycles. The second-order valence-corrected chi connectivity index (χ2v) is 5.07. The highest BCUT2D eigenvalue weighted by molar-refractivity contribution is 5.92. The smallest absolute Gasteiger partial charge is 0.306 e. The van der Waals surface area contributed by atoms with Crippen molar-refractivity contribution < 1.29 is 18.7 Å². The Bertz CT molecular complexity index is 467. The van der Waals surface area contributed by atoms with Gasteiger partial charge in [0, 0.05) is 12.1 Å². The molecule has 0 atom stereocenters. The van der Waals surface area contributed by atoms with Gasteiger partial charge in [0.25, 0.3) is 5.91 Å². The molecule has 0 heterocycles. The Hall–Kier alpha value is -1.91. The number of hydrogen-bond acceptors (Lipinski definition) is 3. The van der Waals surface area contributed by atoms with Crippen LogP contribution in [-0.4, -0.2) is 18.5 Å². The van der Waals surface area contributed by atoms with E-state index in [1.807, 2.05) is 0 Å². The van der Waals surface area contributed by atoms with Crippen LogP contribution >= 0.6 is 0 Å². The fourth-order valence-electron chi connectivity index (χ4n) is 2.39. The molecule has 4 nitrogen and oxygen atoms in total. The number of amides is 1. The summed E-state index contributed by atoms with van der Waals surface area (Å²) in [5.74, 6) is -0.712. The van der Waals surface area contributed by atoms with Crippen LogP contribution in [0.25, 0.3) is 0 Å². The highest BCUT2D eigenvalue weighted by Crippen LogP contribution is 2.27. The van der Waals surface area contributed by atoms with E-state index in [4.69, 9.17) is 4.74 Å². The zero-order valence-corrected chi connectivity index (χ0v) is 11.2. The largest absolute Gasteiger partial charge is 0.456 e. The number of carbonyl (C=O) groups excluding carboxylic acids is 2. The van der Waals surface area contributed by atoms with Gasteiger partial charge in [-0.2, -0.15) is 0 Å². The van der Waals surface area contributed by atoms with Crippen molar-refractivity contribution >= 4 is 17.6 Å². The molecule has 0 unspecified atom stereocenters. The number of carbonyl (C=O) groups is 2. The molecule has 1 aromatic carbocycles. The minimum Gasteiger partial charge on any atom is -0.456 e. The molecule has 5 heteroatoms. The zero-order chi connectivity index (χ0) is 14.4. The number of ether oxygens (including phenoxy) is 1. The number of halogens is 1. The summed E-state index contributed by atoms with van der Waals surface area (Å²) < 4.78 is 17.6. The van der Waals surface area contributed by atoms with Crippen LogP contribution in [0.4, 0.5) is 10.1 Å². The molecule has 0 saturated heterocycles. The molecule has 1 saturated carbocycles. The molecule has 0 radical (unpaired) electrons. The van der Waals surface area contributed by atoms with Crippen LogP contribution in [0.1, 0.15) is 32.1 Å².